The number of nitrogens with zero attached hydrogens (tertiary/aromatic N) is 2. The van der Waals surface area contributed by atoms with Crippen molar-refractivity contribution in [1.29, 1.82) is 0 Å². The first-order valence-corrected chi connectivity index (χ1v) is 27.2. The Labute approximate surface area is 444 Å². The molecular weight excluding hydrogens is 908 g/mol. The normalized spacial score (nSPS) is 13.8. The van der Waals surface area contributed by atoms with Gasteiger partial charge < -0.3 is 14.2 Å². The number of fused-ring (bicyclic) bond motifs is 5. The molecule has 0 N–H and O–H groups in total. The monoisotopic (exact) mass is 989 g/mol. The van der Waals surface area contributed by atoms with Gasteiger partial charge in [0.15, 0.2) is 0 Å². The van der Waals surface area contributed by atoms with Gasteiger partial charge in [0.25, 0.3) is 0 Å². The molecule has 7 aromatic carbocycles. The summed E-state index contributed by atoms with van der Waals surface area (Å²) >= 11 is 8.34. The van der Waals surface area contributed by atoms with Crippen LogP contribution in [-0.2, 0) is 45.3 Å². The molecule has 3 nitrogen and oxygen atoms in total. The summed E-state index contributed by atoms with van der Waals surface area (Å²) in [6, 6.07) is 48.6. The number of hydrogen-bond donors (Lipinski definition) is 0. The highest BCUT2D eigenvalue weighted by Crippen LogP contribution is 2.52. The molecule has 1 aliphatic carbocycles. The van der Waals surface area contributed by atoms with Crippen molar-refractivity contribution in [1.82, 2.24) is 0 Å². The molecular formula is C69H81ClN2O. The largest absolute Gasteiger partial charge is 0.456 e. The molecule has 4 heteroatoms. The summed E-state index contributed by atoms with van der Waals surface area (Å²) in [5.74, 6) is 0. The molecule has 380 valence electrons. The molecule has 1 heterocycles. The highest BCUT2D eigenvalue weighted by molar-refractivity contribution is 6.37. The Morgan fingerprint density at radius 2 is 0.849 bits per heavy atom. The predicted octanol–water partition coefficient (Wildman–Crippen LogP) is 21.1. The standard InChI is InChI=1S/C69H81ClN2O/c1-64(2,3)45-23-28-51(29-24-45)71(53-32-33-55-61(42-53)73-60-35-22-43-20-19-21-54(43)62(55)60)58-40-50(69(16,17)18)41-59(63(58)70)72(52-30-25-46(26-31-52)65(4,5)6)57-34-27-47(66(7,8)9)39-56(57)44-36-48(67(10,11)12)38-49(37-44)68(13,14)15/h22-42H,19-21H2,1-18H3. The van der Waals surface area contributed by atoms with Crippen LogP contribution in [0.2, 0.25) is 5.02 Å². The van der Waals surface area contributed by atoms with Crippen molar-refractivity contribution in [2.75, 3.05) is 9.80 Å². The first-order valence-electron chi connectivity index (χ1n) is 26.8. The predicted molar refractivity (Wildman–Crippen MR) is 318 cm³/mol. The third-order valence-electron chi connectivity index (χ3n) is 15.4. The molecule has 9 rings (SSSR count). The zero-order valence-electron chi connectivity index (χ0n) is 47.4. The number of rotatable bonds is 7. The van der Waals surface area contributed by atoms with Gasteiger partial charge in [-0.1, -0.05) is 191 Å². The van der Waals surface area contributed by atoms with Gasteiger partial charge in [0, 0.05) is 39.5 Å². The lowest BCUT2D eigenvalue weighted by molar-refractivity contribution is 0.569. The van der Waals surface area contributed by atoms with Crippen LogP contribution in [0.5, 0.6) is 0 Å². The van der Waals surface area contributed by atoms with E-state index in [2.05, 4.69) is 262 Å². The maximum atomic E-state index is 8.34. The molecule has 1 aromatic heterocycles. The molecule has 0 amide bonds. The first-order chi connectivity index (χ1) is 33.9. The molecule has 8 aromatic rings. The minimum atomic E-state index is -0.248. The Bertz CT molecular complexity index is 3330. The Morgan fingerprint density at radius 3 is 1.37 bits per heavy atom. The highest BCUT2D eigenvalue weighted by Gasteiger charge is 2.31. The van der Waals surface area contributed by atoms with E-state index in [4.69, 9.17) is 16.0 Å². The fourth-order valence-corrected chi connectivity index (χ4v) is 10.8. The third-order valence-corrected chi connectivity index (χ3v) is 15.8. The van der Waals surface area contributed by atoms with E-state index in [1.165, 1.54) is 67.4 Å². The Morgan fingerprint density at radius 1 is 0.384 bits per heavy atom. The molecule has 0 saturated heterocycles. The molecule has 0 bridgehead atoms. The van der Waals surface area contributed by atoms with Gasteiger partial charge >= 0.3 is 0 Å². The Balaban J connectivity index is 1.37. The summed E-state index contributed by atoms with van der Waals surface area (Å²) in [5.41, 5.74) is 20.1. The summed E-state index contributed by atoms with van der Waals surface area (Å²) in [4.78, 5) is 4.80. The van der Waals surface area contributed by atoms with Gasteiger partial charge in [0.05, 0.1) is 22.1 Å². The van der Waals surface area contributed by atoms with Crippen molar-refractivity contribution in [2.24, 2.45) is 0 Å². The second kappa shape index (κ2) is 18.3. The van der Waals surface area contributed by atoms with Crippen molar-refractivity contribution in [2.45, 2.75) is 176 Å². The zero-order chi connectivity index (χ0) is 53.0. The van der Waals surface area contributed by atoms with Crippen LogP contribution in [-0.4, -0.2) is 0 Å². The smallest absolute Gasteiger partial charge is 0.137 e. The van der Waals surface area contributed by atoms with Crippen LogP contribution in [0, 0.1) is 0 Å². The van der Waals surface area contributed by atoms with Crippen LogP contribution in [0.15, 0.2) is 132 Å². The van der Waals surface area contributed by atoms with E-state index < -0.39 is 0 Å². The fraction of sp³-hybridized carbons (Fsp3) is 0.391. The van der Waals surface area contributed by atoms with Crippen LogP contribution >= 0.6 is 11.6 Å². The lowest BCUT2D eigenvalue weighted by Crippen LogP contribution is -2.20. The van der Waals surface area contributed by atoms with E-state index in [0.717, 1.165) is 63.5 Å². The number of benzene rings is 7. The Kier molecular flexibility index (Phi) is 13.0. The number of hydrogen-bond acceptors (Lipinski definition) is 3. The van der Waals surface area contributed by atoms with E-state index in [0.29, 0.717) is 5.02 Å². The van der Waals surface area contributed by atoms with E-state index in [1.54, 1.807) is 0 Å². The molecule has 0 fully saturated rings. The number of halogens is 1. The average molecular weight is 990 g/mol. The van der Waals surface area contributed by atoms with Crippen LogP contribution in [0.1, 0.15) is 176 Å². The van der Waals surface area contributed by atoms with E-state index in [-0.39, 0.29) is 32.5 Å². The maximum absolute atomic E-state index is 8.34. The van der Waals surface area contributed by atoms with Crippen LogP contribution < -0.4 is 9.80 Å². The molecule has 73 heavy (non-hydrogen) atoms. The first kappa shape index (κ1) is 52.1. The fourth-order valence-electron chi connectivity index (χ4n) is 10.6. The minimum Gasteiger partial charge on any atom is -0.456 e. The van der Waals surface area contributed by atoms with Gasteiger partial charge in [0.2, 0.25) is 0 Å². The van der Waals surface area contributed by atoms with Crippen molar-refractivity contribution in [3.63, 3.8) is 0 Å². The molecule has 1 aliphatic rings. The SMILES string of the molecule is CC(C)(C)c1ccc(N(c2ccc3c(c2)oc2ccc4c(c23)CCC4)c2cc(C(C)(C)C)cc(N(c3ccc(C(C)(C)C)cc3)c3ccc(C(C)(C)C)cc3-c3cc(C(C)(C)C)cc(C(C)(C)C)c3)c2Cl)cc1. The average Bonchev–Trinajstić information content (AvgIpc) is 3.93. The van der Waals surface area contributed by atoms with Gasteiger partial charge in [0.1, 0.15) is 11.2 Å². The lowest BCUT2D eigenvalue weighted by Gasteiger charge is -2.35. The van der Waals surface area contributed by atoms with Gasteiger partial charge in [-0.2, -0.15) is 0 Å². The van der Waals surface area contributed by atoms with Gasteiger partial charge in [-0.15, -0.1) is 0 Å². The topological polar surface area (TPSA) is 19.6 Å². The zero-order valence-corrected chi connectivity index (χ0v) is 48.2. The summed E-state index contributed by atoms with van der Waals surface area (Å²) in [5, 5.41) is 3.08. The lowest BCUT2D eigenvalue weighted by atomic mass is 9.78. The Hall–Kier alpha value is -5.77. The molecule has 0 atom stereocenters. The summed E-state index contributed by atoms with van der Waals surface area (Å²) in [6.07, 6.45) is 3.40. The molecule has 0 spiro atoms. The highest BCUT2D eigenvalue weighted by atomic mass is 35.5. The van der Waals surface area contributed by atoms with Crippen molar-refractivity contribution in [3.05, 3.63) is 177 Å². The summed E-state index contributed by atoms with van der Waals surface area (Å²) in [7, 11) is 0. The van der Waals surface area contributed by atoms with Crippen molar-refractivity contribution in [3.8, 4) is 11.1 Å². The second-order valence-corrected chi connectivity index (χ2v) is 27.7. The molecule has 0 aliphatic heterocycles. The minimum absolute atomic E-state index is 0.0168. The number of furan rings is 1. The summed E-state index contributed by atoms with van der Waals surface area (Å²) < 4.78 is 6.80. The van der Waals surface area contributed by atoms with Crippen molar-refractivity contribution >= 4 is 67.7 Å². The van der Waals surface area contributed by atoms with Crippen LogP contribution in [0.3, 0.4) is 0 Å². The van der Waals surface area contributed by atoms with Gasteiger partial charge in [-0.25, -0.2) is 0 Å². The third kappa shape index (κ3) is 10.3. The van der Waals surface area contributed by atoms with Crippen LogP contribution in [0.25, 0.3) is 33.1 Å². The number of aryl methyl sites for hydroxylation is 2. The molecule has 0 radical (unpaired) electrons. The van der Waals surface area contributed by atoms with E-state index in [1.807, 2.05) is 0 Å². The van der Waals surface area contributed by atoms with E-state index >= 15 is 0 Å². The molecule has 0 unspecified atom stereocenters. The molecule has 0 saturated carbocycles. The quantitative estimate of drug-likeness (QED) is 0.159. The second-order valence-electron chi connectivity index (χ2n) is 27.3. The summed E-state index contributed by atoms with van der Waals surface area (Å²) in [6.45, 7) is 41.5. The van der Waals surface area contributed by atoms with Crippen molar-refractivity contribution < 1.29 is 4.42 Å². The van der Waals surface area contributed by atoms with Gasteiger partial charge in [-0.05, 0) is 169 Å². The van der Waals surface area contributed by atoms with E-state index in [9.17, 15) is 0 Å². The van der Waals surface area contributed by atoms with Gasteiger partial charge in [-0.3, -0.25) is 0 Å². The number of anilines is 6. The van der Waals surface area contributed by atoms with Crippen LogP contribution in [0.4, 0.5) is 34.1 Å². The maximum Gasteiger partial charge on any atom is 0.137 e.